The Morgan fingerprint density at radius 2 is 1.58 bits per heavy atom. The topological polar surface area (TPSA) is 169 Å². The fraction of sp³-hybridized carbons (Fsp3) is 0.607. The first-order valence-electron chi connectivity index (χ1n) is 27.4. The van der Waals surface area contributed by atoms with Crippen molar-refractivity contribution in [1.82, 2.24) is 39.5 Å². The molecule has 5 saturated heterocycles. The van der Waals surface area contributed by atoms with Crippen molar-refractivity contribution in [2.24, 2.45) is 17.3 Å². The fourth-order valence-electron chi connectivity index (χ4n) is 14.0. The maximum absolute atomic E-state index is 15.3. The Morgan fingerprint density at radius 1 is 0.806 bits per heavy atom. The van der Waals surface area contributed by atoms with Crippen LogP contribution in [0.4, 0.5) is 17.3 Å². The van der Waals surface area contributed by atoms with Gasteiger partial charge >= 0.3 is 0 Å². The molecule has 5 amide bonds. The average molecular weight is 976 g/mol. The first kappa shape index (κ1) is 45.9. The highest BCUT2D eigenvalue weighted by Gasteiger charge is 2.63. The van der Waals surface area contributed by atoms with Crippen molar-refractivity contribution in [2.75, 3.05) is 67.5 Å². The van der Waals surface area contributed by atoms with Gasteiger partial charge in [-0.3, -0.25) is 29.3 Å². The molecule has 16 nitrogen and oxygen atoms in total. The van der Waals surface area contributed by atoms with Crippen molar-refractivity contribution in [1.29, 1.82) is 0 Å². The molecule has 4 aromatic rings. The number of imidazole rings is 1. The van der Waals surface area contributed by atoms with E-state index in [0.717, 1.165) is 128 Å². The maximum atomic E-state index is 15.3. The van der Waals surface area contributed by atoms with Gasteiger partial charge in [-0.25, -0.2) is 15.0 Å². The third-order valence-corrected chi connectivity index (χ3v) is 18.8. The molecule has 2 spiro atoms. The summed E-state index contributed by atoms with van der Waals surface area (Å²) in [5.41, 5.74) is 5.92. The minimum atomic E-state index is -0.671. The van der Waals surface area contributed by atoms with E-state index in [0.29, 0.717) is 63.9 Å². The summed E-state index contributed by atoms with van der Waals surface area (Å²) in [6, 6.07) is 13.9. The second-order valence-electron chi connectivity index (χ2n) is 23.4. The average Bonchev–Trinajstić information content (AvgIpc) is 4.21. The highest BCUT2D eigenvalue weighted by atomic mass is 16.2. The number of aromatic nitrogens is 4. The predicted octanol–water partition coefficient (Wildman–Crippen LogP) is 6.55. The number of carbonyl (C=O) groups excluding carboxylic acids is 5. The van der Waals surface area contributed by atoms with Gasteiger partial charge in [0.15, 0.2) is 5.82 Å². The lowest BCUT2D eigenvalue weighted by Gasteiger charge is -2.48. The summed E-state index contributed by atoms with van der Waals surface area (Å²) in [5.74, 6) is 1.33. The molecule has 2 N–H and O–H groups in total. The van der Waals surface area contributed by atoms with Crippen molar-refractivity contribution >= 4 is 57.9 Å². The monoisotopic (exact) mass is 976 g/mol. The van der Waals surface area contributed by atoms with Gasteiger partial charge in [-0.15, -0.1) is 0 Å². The van der Waals surface area contributed by atoms with E-state index in [2.05, 4.69) is 73.0 Å². The van der Waals surface area contributed by atoms with Gasteiger partial charge in [-0.05, 0) is 140 Å². The first-order valence-corrected chi connectivity index (χ1v) is 27.4. The second kappa shape index (κ2) is 17.7. The van der Waals surface area contributed by atoms with Gasteiger partial charge < -0.3 is 34.4 Å². The summed E-state index contributed by atoms with van der Waals surface area (Å²) in [6.45, 7) is 10.5. The maximum Gasteiger partial charge on any atom is 0.238 e. The second-order valence-corrected chi connectivity index (χ2v) is 23.4. The van der Waals surface area contributed by atoms with Crippen molar-refractivity contribution in [3.8, 4) is 11.3 Å². The molecule has 3 saturated carbocycles. The number of anilines is 3. The van der Waals surface area contributed by atoms with Gasteiger partial charge in [-0.1, -0.05) is 24.6 Å². The predicted molar refractivity (Wildman–Crippen MR) is 273 cm³/mol. The van der Waals surface area contributed by atoms with Gasteiger partial charge in [0.05, 0.1) is 28.9 Å². The molecule has 378 valence electrons. The van der Waals surface area contributed by atoms with Crippen LogP contribution in [0, 0.1) is 17.3 Å². The number of fused-ring (bicyclic) bond motifs is 3. The van der Waals surface area contributed by atoms with E-state index in [4.69, 9.17) is 9.97 Å². The van der Waals surface area contributed by atoms with Crippen LogP contribution >= 0.6 is 0 Å². The van der Waals surface area contributed by atoms with E-state index in [9.17, 15) is 19.2 Å². The zero-order chi connectivity index (χ0) is 49.0. The lowest BCUT2D eigenvalue weighted by molar-refractivity contribution is -0.138. The van der Waals surface area contributed by atoms with Crippen molar-refractivity contribution < 1.29 is 24.0 Å². The molecule has 1 aromatic carbocycles. The first-order chi connectivity index (χ1) is 34.9. The molecule has 3 aliphatic carbocycles. The molecule has 8 fully saturated rings. The summed E-state index contributed by atoms with van der Waals surface area (Å²) in [4.78, 5) is 93.7. The van der Waals surface area contributed by atoms with E-state index in [1.807, 2.05) is 28.3 Å². The summed E-state index contributed by atoms with van der Waals surface area (Å²) in [6.07, 6.45) is 17.0. The smallest absolute Gasteiger partial charge is 0.238 e. The number of likely N-dealkylation sites (tertiary alicyclic amines) is 3. The Morgan fingerprint density at radius 3 is 2.31 bits per heavy atom. The number of nitrogens with zero attached hydrogens (tertiary/aromatic N) is 9. The van der Waals surface area contributed by atoms with Crippen LogP contribution in [0.3, 0.4) is 0 Å². The molecular weight excluding hydrogens is 907 g/mol. The third kappa shape index (κ3) is 7.87. The summed E-state index contributed by atoms with van der Waals surface area (Å²) in [7, 11) is 0. The number of imide groups is 1. The zero-order valence-electron chi connectivity index (χ0n) is 42.0. The van der Waals surface area contributed by atoms with E-state index >= 15 is 4.79 Å². The number of pyridine rings is 2. The van der Waals surface area contributed by atoms with E-state index < -0.39 is 5.41 Å². The number of rotatable bonds is 10. The van der Waals surface area contributed by atoms with Crippen molar-refractivity contribution in [3.63, 3.8) is 0 Å². The van der Waals surface area contributed by atoms with Gasteiger partial charge in [0.25, 0.3) is 0 Å². The van der Waals surface area contributed by atoms with Crippen LogP contribution in [-0.2, 0) is 29.4 Å². The minimum absolute atomic E-state index is 0.0558. The number of carbonyl (C=O) groups is 5. The standard InChI is InChI=1S/C56H69N11O5/c1-34(2)66-33-58-45-29-44(60-50(49(45)66)59-38-8-9-38)36-6-11-42-46(26-36)67(40-27-39(28-40)62-19-4-3-5-20-62)54(72)56(42)17-24-64(25-18-56)53(71)43-30-55(43)16-23-65(32-55)52(70)35-14-21-63(22-15-35)47-12-7-37(31-57-47)41-10-13-48(68)61-51(41)69/h6-7,11-12,26,29,31,33-35,38-41,43H,3-5,8-10,13-25,27-28,30,32H2,1-2H3,(H,59,60)(H,61,68,69)/t39-,40+,41?,43?,55?. The quantitative estimate of drug-likeness (QED) is 0.166. The van der Waals surface area contributed by atoms with Crippen molar-refractivity contribution in [2.45, 2.75) is 146 Å². The van der Waals surface area contributed by atoms with Crippen LogP contribution in [0.25, 0.3) is 22.3 Å². The Bertz CT molecular complexity index is 2830. The number of nitrogens with one attached hydrogen (secondary N) is 2. The van der Waals surface area contributed by atoms with E-state index in [1.165, 1.54) is 19.3 Å². The molecule has 72 heavy (non-hydrogen) atoms. The molecule has 3 aromatic heterocycles. The summed E-state index contributed by atoms with van der Waals surface area (Å²) >= 11 is 0. The third-order valence-electron chi connectivity index (χ3n) is 18.8. The van der Waals surface area contributed by atoms with Crippen LogP contribution in [0.2, 0.25) is 0 Å². The Kier molecular flexibility index (Phi) is 11.3. The number of benzene rings is 1. The van der Waals surface area contributed by atoms with Crippen LogP contribution in [0.5, 0.6) is 0 Å². The Hall–Kier alpha value is -5.90. The normalized spacial score (nSPS) is 28.6. The minimum Gasteiger partial charge on any atom is -0.366 e. The van der Waals surface area contributed by atoms with E-state index in [-0.39, 0.29) is 64.8 Å². The molecule has 9 aliphatic rings. The lowest BCUT2D eigenvalue weighted by atomic mass is 9.73. The van der Waals surface area contributed by atoms with Crippen LogP contribution < -0.4 is 20.4 Å². The Balaban J connectivity index is 0.670. The molecule has 3 unspecified atom stereocenters. The SMILES string of the molecule is CC(C)n1cnc2cc(-c3ccc4c(c3)N([C@H]3C[C@@H](N5CCCCC5)C3)C(=O)C43CCN(C(=O)C4CC45CCN(C(=O)C4CCN(c6ccc(C7CCC(=O)NC7=O)cn6)CC4)C5)CC3)nc(NC3CC3)c21. The number of hydrogen-bond acceptors (Lipinski definition) is 11. The number of piperidine rings is 4. The zero-order valence-corrected chi connectivity index (χ0v) is 42.0. The molecule has 6 aliphatic heterocycles. The fourth-order valence-corrected chi connectivity index (χ4v) is 14.0. The highest BCUT2D eigenvalue weighted by molar-refractivity contribution is 6.09. The molecule has 13 rings (SSSR count). The molecule has 9 heterocycles. The molecule has 0 bridgehead atoms. The lowest BCUT2D eigenvalue weighted by Crippen LogP contribution is -2.58. The van der Waals surface area contributed by atoms with Gasteiger partial charge in [0, 0.05) is 105 Å². The molecule has 16 heteroatoms. The van der Waals surface area contributed by atoms with Crippen LogP contribution in [0.15, 0.2) is 48.9 Å². The number of hydrogen-bond donors (Lipinski definition) is 2. The van der Waals surface area contributed by atoms with Crippen LogP contribution in [0.1, 0.15) is 133 Å². The van der Waals surface area contributed by atoms with Gasteiger partial charge in [0.1, 0.15) is 11.3 Å². The largest absolute Gasteiger partial charge is 0.366 e. The van der Waals surface area contributed by atoms with Gasteiger partial charge in [-0.2, -0.15) is 0 Å². The summed E-state index contributed by atoms with van der Waals surface area (Å²) < 4.78 is 2.20. The van der Waals surface area contributed by atoms with Crippen LogP contribution in [-0.4, -0.2) is 134 Å². The Labute approximate surface area is 421 Å². The van der Waals surface area contributed by atoms with E-state index in [1.54, 1.807) is 6.20 Å². The van der Waals surface area contributed by atoms with Gasteiger partial charge in [0.2, 0.25) is 29.5 Å². The molecule has 3 atom stereocenters. The summed E-state index contributed by atoms with van der Waals surface area (Å²) in [5, 5.41) is 6.14. The van der Waals surface area contributed by atoms with Crippen molar-refractivity contribution in [3.05, 3.63) is 60.0 Å². The highest BCUT2D eigenvalue weighted by Crippen LogP contribution is 2.60. The number of amides is 5. The molecule has 0 radical (unpaired) electrons. The molecular formula is C56H69N11O5.